The molecular formula is C16H21NO. The highest BCUT2D eigenvalue weighted by atomic mass is 16.1. The first-order chi connectivity index (χ1) is 8.60. The van der Waals surface area contributed by atoms with E-state index in [1.165, 1.54) is 6.08 Å². The summed E-state index contributed by atoms with van der Waals surface area (Å²) in [5.41, 5.74) is 8.25. The summed E-state index contributed by atoms with van der Waals surface area (Å²) in [5.74, 6) is -0.129. The van der Waals surface area contributed by atoms with E-state index in [1.807, 2.05) is 26.8 Å². The molecule has 2 nitrogen and oxygen atoms in total. The number of hydrogen-bond donors (Lipinski definition) is 1. The number of nitrogens with two attached hydrogens (primary N) is 1. The molecule has 2 N–H and O–H groups in total. The van der Waals surface area contributed by atoms with Crippen molar-refractivity contribution in [1.82, 2.24) is 0 Å². The Morgan fingerprint density at radius 1 is 1.28 bits per heavy atom. The molecule has 0 unspecified atom stereocenters. The van der Waals surface area contributed by atoms with E-state index in [0.717, 1.165) is 5.56 Å². The third-order valence-electron chi connectivity index (χ3n) is 2.23. The first-order valence-electron chi connectivity index (χ1n) is 5.96. The molecule has 0 atom stereocenters. The standard InChI is InChI=1S/C14H15NO.C2H6/c1-4-6-11(5-2)14(16)12-9-10(3)7-8-13(12)15;1-2/h4-9H,1-2,15H2,3H3;1-2H3/b11-6+;. The molecule has 1 rings (SSSR count). The van der Waals surface area contributed by atoms with Gasteiger partial charge in [-0.05, 0) is 19.1 Å². The first-order valence-corrected chi connectivity index (χ1v) is 5.96. The van der Waals surface area contributed by atoms with E-state index in [0.29, 0.717) is 16.8 Å². The molecule has 1 aromatic carbocycles. The van der Waals surface area contributed by atoms with Gasteiger partial charge in [0, 0.05) is 16.8 Å². The Bertz CT molecular complexity index is 470. The van der Waals surface area contributed by atoms with Gasteiger partial charge in [0.05, 0.1) is 0 Å². The molecule has 1 aromatic rings. The molecule has 96 valence electrons. The largest absolute Gasteiger partial charge is 0.398 e. The SMILES string of the molecule is C=C/C=C(\C=C)C(=O)c1cc(C)ccc1N.CC. The molecule has 0 aliphatic carbocycles. The summed E-state index contributed by atoms with van der Waals surface area (Å²) in [7, 11) is 0. The van der Waals surface area contributed by atoms with Crippen molar-refractivity contribution in [2.45, 2.75) is 20.8 Å². The number of nitrogen functional groups attached to an aromatic ring is 1. The zero-order valence-corrected chi connectivity index (χ0v) is 11.4. The zero-order valence-electron chi connectivity index (χ0n) is 11.4. The Balaban J connectivity index is 0.00000137. The Hall–Kier alpha value is -2.09. The van der Waals surface area contributed by atoms with E-state index in [1.54, 1.807) is 24.3 Å². The van der Waals surface area contributed by atoms with Crippen molar-refractivity contribution >= 4 is 11.5 Å². The molecule has 0 spiro atoms. The zero-order chi connectivity index (χ0) is 14.1. The minimum Gasteiger partial charge on any atom is -0.398 e. The van der Waals surface area contributed by atoms with Gasteiger partial charge in [0.2, 0.25) is 0 Å². The molecule has 0 aliphatic rings. The number of benzene rings is 1. The quantitative estimate of drug-likeness (QED) is 0.374. The summed E-state index contributed by atoms with van der Waals surface area (Å²) in [6.45, 7) is 13.1. The van der Waals surface area contributed by atoms with E-state index in [2.05, 4.69) is 13.2 Å². The minimum absolute atomic E-state index is 0.129. The average molecular weight is 243 g/mol. The molecule has 0 bridgehead atoms. The maximum absolute atomic E-state index is 12.1. The third-order valence-corrected chi connectivity index (χ3v) is 2.23. The molecule has 0 aromatic heterocycles. The number of rotatable bonds is 4. The molecule has 0 aliphatic heterocycles. The maximum Gasteiger partial charge on any atom is 0.195 e. The molecule has 18 heavy (non-hydrogen) atoms. The van der Waals surface area contributed by atoms with Crippen LogP contribution in [0.4, 0.5) is 5.69 Å². The number of aryl methyl sites for hydroxylation is 1. The molecule has 0 saturated heterocycles. The van der Waals surface area contributed by atoms with Crippen molar-refractivity contribution in [3.63, 3.8) is 0 Å². The summed E-state index contributed by atoms with van der Waals surface area (Å²) in [5, 5.41) is 0. The third kappa shape index (κ3) is 4.06. The van der Waals surface area contributed by atoms with Crippen LogP contribution in [0, 0.1) is 6.92 Å². The highest BCUT2D eigenvalue weighted by molar-refractivity contribution is 6.13. The van der Waals surface area contributed by atoms with Crippen LogP contribution in [-0.2, 0) is 0 Å². The van der Waals surface area contributed by atoms with Crippen molar-refractivity contribution in [2.24, 2.45) is 0 Å². The van der Waals surface area contributed by atoms with Crippen molar-refractivity contribution < 1.29 is 4.79 Å². The molecule has 2 heteroatoms. The van der Waals surface area contributed by atoms with Gasteiger partial charge in [0.1, 0.15) is 0 Å². The van der Waals surface area contributed by atoms with Crippen molar-refractivity contribution in [1.29, 1.82) is 0 Å². The number of anilines is 1. The predicted molar refractivity (Wildman–Crippen MR) is 79.7 cm³/mol. The van der Waals surface area contributed by atoms with Crippen LogP contribution in [0.3, 0.4) is 0 Å². The van der Waals surface area contributed by atoms with Gasteiger partial charge in [0.15, 0.2) is 5.78 Å². The highest BCUT2D eigenvalue weighted by Gasteiger charge is 2.12. The summed E-state index contributed by atoms with van der Waals surface area (Å²) in [6, 6.07) is 5.38. The summed E-state index contributed by atoms with van der Waals surface area (Å²) >= 11 is 0. The average Bonchev–Trinajstić information content (AvgIpc) is 2.40. The Morgan fingerprint density at radius 3 is 2.39 bits per heavy atom. The number of hydrogen-bond acceptors (Lipinski definition) is 2. The van der Waals surface area contributed by atoms with Crippen LogP contribution in [0.15, 0.2) is 55.2 Å². The van der Waals surface area contributed by atoms with Crippen molar-refractivity contribution in [2.75, 3.05) is 5.73 Å². The van der Waals surface area contributed by atoms with Gasteiger partial charge in [-0.25, -0.2) is 0 Å². The van der Waals surface area contributed by atoms with Gasteiger partial charge in [-0.1, -0.05) is 56.9 Å². The van der Waals surface area contributed by atoms with E-state index in [-0.39, 0.29) is 5.78 Å². The summed E-state index contributed by atoms with van der Waals surface area (Å²) in [6.07, 6.45) is 4.68. The number of allylic oxidation sites excluding steroid dienone is 4. The fourth-order valence-electron chi connectivity index (χ4n) is 1.39. The highest BCUT2D eigenvalue weighted by Crippen LogP contribution is 2.18. The summed E-state index contributed by atoms with van der Waals surface area (Å²) < 4.78 is 0. The van der Waals surface area contributed by atoms with Crippen molar-refractivity contribution in [3.8, 4) is 0 Å². The molecule has 0 heterocycles. The Labute approximate surface area is 110 Å². The summed E-state index contributed by atoms with van der Waals surface area (Å²) in [4.78, 5) is 12.1. The number of carbonyl (C=O) groups is 1. The van der Waals surface area contributed by atoms with E-state index < -0.39 is 0 Å². The molecule has 0 radical (unpaired) electrons. The fourth-order valence-corrected chi connectivity index (χ4v) is 1.39. The van der Waals surface area contributed by atoms with Crippen LogP contribution in [0.5, 0.6) is 0 Å². The van der Waals surface area contributed by atoms with Crippen LogP contribution in [0.2, 0.25) is 0 Å². The van der Waals surface area contributed by atoms with E-state index in [4.69, 9.17) is 5.73 Å². The fraction of sp³-hybridized carbons (Fsp3) is 0.188. The van der Waals surface area contributed by atoms with Gasteiger partial charge >= 0.3 is 0 Å². The number of Topliss-reactive ketones (excluding diaryl/α,β-unsaturated/α-hetero) is 1. The van der Waals surface area contributed by atoms with Crippen molar-refractivity contribution in [3.05, 3.63) is 66.3 Å². The maximum atomic E-state index is 12.1. The van der Waals surface area contributed by atoms with Crippen LogP contribution in [-0.4, -0.2) is 5.78 Å². The van der Waals surface area contributed by atoms with Crippen LogP contribution in [0.1, 0.15) is 29.8 Å². The lowest BCUT2D eigenvalue weighted by Gasteiger charge is -2.06. The van der Waals surface area contributed by atoms with Crippen LogP contribution < -0.4 is 5.73 Å². The molecule has 0 fully saturated rings. The predicted octanol–water partition coefficient (Wildman–Crippen LogP) is 4.08. The second-order valence-corrected chi connectivity index (χ2v) is 3.48. The van der Waals surface area contributed by atoms with Gasteiger partial charge in [0.25, 0.3) is 0 Å². The molecule has 0 saturated carbocycles. The van der Waals surface area contributed by atoms with Crippen LogP contribution >= 0.6 is 0 Å². The Kier molecular flexibility index (Phi) is 7.13. The first kappa shape index (κ1) is 15.9. The monoisotopic (exact) mass is 243 g/mol. The lowest BCUT2D eigenvalue weighted by Crippen LogP contribution is -2.05. The van der Waals surface area contributed by atoms with Gasteiger partial charge in [-0.3, -0.25) is 4.79 Å². The van der Waals surface area contributed by atoms with E-state index in [9.17, 15) is 4.79 Å². The molecule has 0 amide bonds. The second kappa shape index (κ2) is 8.07. The second-order valence-electron chi connectivity index (χ2n) is 3.48. The lowest BCUT2D eigenvalue weighted by molar-refractivity contribution is 0.103. The van der Waals surface area contributed by atoms with Crippen LogP contribution in [0.25, 0.3) is 0 Å². The minimum atomic E-state index is -0.129. The van der Waals surface area contributed by atoms with E-state index >= 15 is 0 Å². The van der Waals surface area contributed by atoms with Gasteiger partial charge < -0.3 is 5.73 Å². The Morgan fingerprint density at radius 2 is 1.89 bits per heavy atom. The normalized spacial score (nSPS) is 10.1. The topological polar surface area (TPSA) is 43.1 Å². The molecular weight excluding hydrogens is 222 g/mol. The smallest absolute Gasteiger partial charge is 0.195 e. The number of ketones is 1. The van der Waals surface area contributed by atoms with Gasteiger partial charge in [-0.15, -0.1) is 0 Å². The number of carbonyl (C=O) groups excluding carboxylic acids is 1. The van der Waals surface area contributed by atoms with Gasteiger partial charge in [-0.2, -0.15) is 0 Å². The lowest BCUT2D eigenvalue weighted by atomic mass is 9.99.